The molecule has 3 N–H and O–H groups in total. The van der Waals surface area contributed by atoms with E-state index in [-0.39, 0.29) is 29.9 Å². The first-order valence-electron chi connectivity index (χ1n) is 11.2. The molecule has 0 bridgehead atoms. The van der Waals surface area contributed by atoms with Gasteiger partial charge in [0.25, 0.3) is 0 Å². The summed E-state index contributed by atoms with van der Waals surface area (Å²) in [6.07, 6.45) is -1.96. The van der Waals surface area contributed by atoms with Crippen LogP contribution in [0.1, 0.15) is 38.7 Å². The van der Waals surface area contributed by atoms with E-state index in [1.807, 2.05) is 0 Å². The zero-order valence-corrected chi connectivity index (χ0v) is 19.4. The Balaban J connectivity index is 1.67. The number of carbonyl (C=O) groups is 2. The van der Waals surface area contributed by atoms with Crippen molar-refractivity contribution in [1.82, 2.24) is 15.2 Å². The van der Waals surface area contributed by atoms with Crippen LogP contribution in [-0.4, -0.2) is 76.3 Å². The molecule has 8 nitrogen and oxygen atoms in total. The lowest BCUT2D eigenvalue weighted by Crippen LogP contribution is -2.58. The Morgan fingerprint density at radius 2 is 1.91 bits per heavy atom. The number of amides is 1. The van der Waals surface area contributed by atoms with Gasteiger partial charge in [-0.05, 0) is 45.2 Å². The van der Waals surface area contributed by atoms with E-state index < -0.39 is 28.7 Å². The molecule has 1 aromatic heterocycles. The number of aliphatic hydroxyl groups is 1. The van der Waals surface area contributed by atoms with Gasteiger partial charge in [0.1, 0.15) is 5.82 Å². The highest BCUT2D eigenvalue weighted by Crippen LogP contribution is 2.48. The molecule has 1 aliphatic carbocycles. The third-order valence-electron chi connectivity index (χ3n) is 6.97. The van der Waals surface area contributed by atoms with Crippen LogP contribution in [0.2, 0.25) is 0 Å². The Labute approximate surface area is 196 Å². The van der Waals surface area contributed by atoms with Gasteiger partial charge in [-0.15, -0.1) is 0 Å². The van der Waals surface area contributed by atoms with E-state index in [1.54, 1.807) is 23.6 Å². The molecule has 2 heterocycles. The number of piperazine rings is 1. The van der Waals surface area contributed by atoms with Gasteiger partial charge in [0, 0.05) is 50.5 Å². The number of nitrogens with one attached hydrogen (secondary N) is 1. The minimum Gasteiger partial charge on any atom is -0.478 e. The van der Waals surface area contributed by atoms with Crippen molar-refractivity contribution >= 4 is 17.7 Å². The van der Waals surface area contributed by atoms with Crippen molar-refractivity contribution in [3.8, 4) is 0 Å². The zero-order valence-electron chi connectivity index (χ0n) is 19.4. The van der Waals surface area contributed by atoms with Crippen LogP contribution in [0.5, 0.6) is 0 Å². The summed E-state index contributed by atoms with van der Waals surface area (Å²) in [5, 5.41) is 23.1. The Morgan fingerprint density at radius 1 is 1.26 bits per heavy atom. The van der Waals surface area contributed by atoms with Crippen molar-refractivity contribution < 1.29 is 33.0 Å². The van der Waals surface area contributed by atoms with E-state index in [9.17, 15) is 27.9 Å². The quantitative estimate of drug-likeness (QED) is 0.510. The summed E-state index contributed by atoms with van der Waals surface area (Å²) in [6, 6.07) is 1.78. The monoisotopic (exact) mass is 484 g/mol. The molecule has 0 aromatic carbocycles. The molecule has 2 atom stereocenters. The molecule has 11 heteroatoms. The van der Waals surface area contributed by atoms with Crippen molar-refractivity contribution in [2.24, 2.45) is 5.41 Å². The average Bonchev–Trinajstić information content (AvgIpc) is 3.22. The smallest absolute Gasteiger partial charge is 0.416 e. The third-order valence-corrected chi connectivity index (χ3v) is 6.97. The maximum Gasteiger partial charge on any atom is 0.416 e. The minimum atomic E-state index is -4.46. The SMILES string of the molecule is C=C(CN[C@@H]1CC[C@@](C(=O)N2CCN(c3cc(C(F)(F)F)ccn3)CC2)(C(C)(C)O)C1)C(=O)O. The summed E-state index contributed by atoms with van der Waals surface area (Å²) >= 11 is 0. The highest BCUT2D eigenvalue weighted by atomic mass is 19.4. The Kier molecular flexibility index (Phi) is 7.28. The van der Waals surface area contributed by atoms with Gasteiger partial charge in [0.15, 0.2) is 0 Å². The first-order valence-corrected chi connectivity index (χ1v) is 11.2. The number of carboxylic acids is 1. The molecule has 2 aliphatic rings. The highest BCUT2D eigenvalue weighted by molar-refractivity contribution is 5.86. The maximum atomic E-state index is 13.6. The number of anilines is 1. The molecule has 1 aromatic rings. The number of nitrogens with zero attached hydrogens (tertiary/aromatic N) is 3. The average molecular weight is 485 g/mol. The van der Waals surface area contributed by atoms with E-state index in [4.69, 9.17) is 5.11 Å². The fourth-order valence-corrected chi connectivity index (χ4v) is 4.78. The number of aromatic nitrogens is 1. The van der Waals surface area contributed by atoms with Crippen molar-refractivity contribution in [3.63, 3.8) is 0 Å². The van der Waals surface area contributed by atoms with Crippen LogP contribution >= 0.6 is 0 Å². The van der Waals surface area contributed by atoms with E-state index in [0.717, 1.165) is 18.3 Å². The maximum absolute atomic E-state index is 13.6. The summed E-state index contributed by atoms with van der Waals surface area (Å²) in [4.78, 5) is 32.1. The molecule has 188 valence electrons. The van der Waals surface area contributed by atoms with Crippen LogP contribution in [0.25, 0.3) is 0 Å². The van der Waals surface area contributed by atoms with Crippen molar-refractivity contribution in [3.05, 3.63) is 36.0 Å². The number of hydrogen-bond acceptors (Lipinski definition) is 6. The van der Waals surface area contributed by atoms with Gasteiger partial charge in [-0.2, -0.15) is 13.2 Å². The van der Waals surface area contributed by atoms with Gasteiger partial charge in [-0.1, -0.05) is 6.58 Å². The Bertz CT molecular complexity index is 939. The summed E-state index contributed by atoms with van der Waals surface area (Å²) < 4.78 is 39.1. The van der Waals surface area contributed by atoms with E-state index in [1.165, 1.54) is 0 Å². The number of hydrogen-bond donors (Lipinski definition) is 3. The van der Waals surface area contributed by atoms with Gasteiger partial charge < -0.3 is 25.3 Å². The largest absolute Gasteiger partial charge is 0.478 e. The van der Waals surface area contributed by atoms with Gasteiger partial charge in [0.05, 0.1) is 16.6 Å². The molecule has 34 heavy (non-hydrogen) atoms. The molecule has 3 rings (SSSR count). The number of rotatable bonds is 7. The number of alkyl halides is 3. The number of carboxylic acid groups (broad SMARTS) is 1. The number of halogens is 3. The van der Waals surface area contributed by atoms with E-state index in [0.29, 0.717) is 45.4 Å². The minimum absolute atomic E-state index is 0.0198. The highest BCUT2D eigenvalue weighted by Gasteiger charge is 2.56. The second-order valence-corrected chi connectivity index (χ2v) is 9.55. The lowest BCUT2D eigenvalue weighted by atomic mass is 9.70. The normalized spacial score (nSPS) is 23.8. The number of aliphatic carboxylic acids is 1. The van der Waals surface area contributed by atoms with Crippen LogP contribution in [0, 0.1) is 5.41 Å². The molecular formula is C23H31F3N4O4. The molecule has 1 saturated carbocycles. The summed E-state index contributed by atoms with van der Waals surface area (Å²) in [6.45, 7) is 8.02. The van der Waals surface area contributed by atoms with Gasteiger partial charge in [-0.3, -0.25) is 4.79 Å². The van der Waals surface area contributed by atoms with Crippen molar-refractivity contribution in [1.29, 1.82) is 0 Å². The van der Waals surface area contributed by atoms with Crippen LogP contribution < -0.4 is 10.2 Å². The van der Waals surface area contributed by atoms with Crippen LogP contribution in [-0.2, 0) is 15.8 Å². The topological polar surface area (TPSA) is 106 Å². The second kappa shape index (κ2) is 9.53. The van der Waals surface area contributed by atoms with E-state index in [2.05, 4.69) is 16.9 Å². The molecule has 0 spiro atoms. The lowest BCUT2D eigenvalue weighted by Gasteiger charge is -2.45. The molecule has 2 fully saturated rings. The Hall–Kier alpha value is -2.66. The zero-order chi connectivity index (χ0) is 25.3. The Morgan fingerprint density at radius 3 is 2.47 bits per heavy atom. The van der Waals surface area contributed by atoms with Gasteiger partial charge >= 0.3 is 12.1 Å². The predicted molar refractivity (Wildman–Crippen MR) is 119 cm³/mol. The lowest BCUT2D eigenvalue weighted by molar-refractivity contribution is -0.158. The van der Waals surface area contributed by atoms with Crippen molar-refractivity contribution in [2.45, 2.75) is 50.9 Å². The molecule has 1 aliphatic heterocycles. The fraction of sp³-hybridized carbons (Fsp3) is 0.609. The number of pyridine rings is 1. The summed E-state index contributed by atoms with van der Waals surface area (Å²) in [5.74, 6) is -1.08. The molecule has 0 unspecified atom stereocenters. The number of carbonyl (C=O) groups excluding carboxylic acids is 1. The van der Waals surface area contributed by atoms with Crippen molar-refractivity contribution in [2.75, 3.05) is 37.6 Å². The molecule has 0 radical (unpaired) electrons. The summed E-state index contributed by atoms with van der Waals surface area (Å²) in [5.41, 5.74) is -3.12. The van der Waals surface area contributed by atoms with Crippen LogP contribution in [0.15, 0.2) is 30.5 Å². The van der Waals surface area contributed by atoms with Gasteiger partial charge in [0.2, 0.25) is 5.91 Å². The second-order valence-electron chi connectivity index (χ2n) is 9.55. The summed E-state index contributed by atoms with van der Waals surface area (Å²) in [7, 11) is 0. The fourth-order valence-electron chi connectivity index (χ4n) is 4.78. The van der Waals surface area contributed by atoms with Crippen LogP contribution in [0.4, 0.5) is 19.0 Å². The third kappa shape index (κ3) is 5.35. The predicted octanol–water partition coefficient (Wildman–Crippen LogP) is 2.29. The van der Waals surface area contributed by atoms with Crippen LogP contribution in [0.3, 0.4) is 0 Å². The first-order chi connectivity index (χ1) is 15.7. The first kappa shape index (κ1) is 26.0. The van der Waals surface area contributed by atoms with Gasteiger partial charge in [-0.25, -0.2) is 9.78 Å². The molecule has 1 amide bonds. The van der Waals surface area contributed by atoms with E-state index >= 15 is 0 Å². The molecular weight excluding hydrogens is 453 g/mol. The standard InChI is InChI=1S/C23H31F3N4O4/c1-15(19(31)32)14-28-17-4-6-22(13-17,21(2,3)34)20(33)30-10-8-29(9-11-30)18-12-16(5-7-27-18)23(24,25)26/h5,7,12,17,28,34H,1,4,6,8-11,13-14H2,2-3H3,(H,31,32)/t17-,22-/m1/s1. The molecule has 1 saturated heterocycles.